The molecule has 0 unspecified atom stereocenters. The number of aromatic nitrogens is 2. The molecule has 0 spiro atoms. The number of rotatable bonds is 2. The minimum atomic E-state index is -0.338. The average Bonchev–Trinajstić information content (AvgIpc) is 3.17. The smallest absolute Gasteiger partial charge is 0.305 e. The number of hydrogen-bond acceptors (Lipinski definition) is 4. The Kier molecular flexibility index (Phi) is 3.96. The highest BCUT2D eigenvalue weighted by atomic mass is 32.1. The van der Waals surface area contributed by atoms with Crippen LogP contribution in [0.25, 0.3) is 20.4 Å². The molecule has 0 fully saturated rings. The van der Waals surface area contributed by atoms with Crippen LogP contribution in [0.15, 0.2) is 47.5 Å². The van der Waals surface area contributed by atoms with Gasteiger partial charge in [0.05, 0.1) is 27.0 Å². The quantitative estimate of drug-likeness (QED) is 0.506. The number of carbonyl (C=O) groups excluding carboxylic acids is 1. The number of aryl methyl sites for hydroxylation is 1. The molecule has 2 heterocycles. The molecular formula is C19H13N3OS2. The molecule has 0 aliphatic heterocycles. The molecular weight excluding hydrogens is 350 g/mol. The largest absolute Gasteiger partial charge is 0.308 e. The third-order valence-corrected chi connectivity index (χ3v) is 5.83. The van der Waals surface area contributed by atoms with Crippen LogP contribution in [0, 0.1) is 19.3 Å². The lowest BCUT2D eigenvalue weighted by atomic mass is 10.2. The van der Waals surface area contributed by atoms with Gasteiger partial charge in [-0.05, 0) is 36.8 Å². The predicted octanol–water partition coefficient (Wildman–Crippen LogP) is 4.00. The summed E-state index contributed by atoms with van der Waals surface area (Å²) < 4.78 is 3.93. The molecule has 0 aliphatic carbocycles. The van der Waals surface area contributed by atoms with E-state index < -0.39 is 0 Å². The van der Waals surface area contributed by atoms with E-state index >= 15 is 0 Å². The van der Waals surface area contributed by atoms with E-state index in [4.69, 9.17) is 6.42 Å². The number of para-hydroxylation sites is 1. The average molecular weight is 363 g/mol. The van der Waals surface area contributed by atoms with Crippen molar-refractivity contribution < 1.29 is 4.79 Å². The van der Waals surface area contributed by atoms with Crippen LogP contribution < -0.4 is 4.80 Å². The Morgan fingerprint density at radius 1 is 1.24 bits per heavy atom. The fourth-order valence-corrected chi connectivity index (χ4v) is 4.58. The zero-order valence-electron chi connectivity index (χ0n) is 13.4. The standard InChI is InChI=1S/C19H13N3OS2/c1-3-10-22-14-9-8-12(2)11-16(14)25-19(22)21-17(23)18-20-13-6-4-5-7-15(13)24-18/h1,4-9,11H,10H2,2H3. The minimum Gasteiger partial charge on any atom is -0.305 e. The van der Waals surface area contributed by atoms with E-state index in [0.29, 0.717) is 16.4 Å². The van der Waals surface area contributed by atoms with Gasteiger partial charge in [-0.25, -0.2) is 4.98 Å². The fourth-order valence-electron chi connectivity index (χ4n) is 2.61. The number of terminal acetylenes is 1. The van der Waals surface area contributed by atoms with Crippen LogP contribution >= 0.6 is 22.7 Å². The lowest BCUT2D eigenvalue weighted by Crippen LogP contribution is -2.16. The molecule has 1 amide bonds. The van der Waals surface area contributed by atoms with Crippen molar-refractivity contribution in [2.24, 2.45) is 4.99 Å². The van der Waals surface area contributed by atoms with Crippen LogP contribution in [0.2, 0.25) is 0 Å². The van der Waals surface area contributed by atoms with Crippen LogP contribution in [0.5, 0.6) is 0 Å². The second-order valence-corrected chi connectivity index (χ2v) is 7.59. The minimum absolute atomic E-state index is 0.338. The summed E-state index contributed by atoms with van der Waals surface area (Å²) in [6.07, 6.45) is 5.50. The Morgan fingerprint density at radius 3 is 2.88 bits per heavy atom. The summed E-state index contributed by atoms with van der Waals surface area (Å²) in [5.41, 5.74) is 2.96. The highest BCUT2D eigenvalue weighted by molar-refractivity contribution is 7.20. The number of hydrogen-bond donors (Lipinski definition) is 0. The van der Waals surface area contributed by atoms with Gasteiger partial charge in [0.1, 0.15) is 0 Å². The van der Waals surface area contributed by atoms with Crippen molar-refractivity contribution >= 4 is 49.0 Å². The molecule has 25 heavy (non-hydrogen) atoms. The first-order chi connectivity index (χ1) is 12.2. The monoisotopic (exact) mass is 363 g/mol. The fraction of sp³-hybridized carbons (Fsp3) is 0.105. The topological polar surface area (TPSA) is 47.2 Å². The summed E-state index contributed by atoms with van der Waals surface area (Å²) in [4.78, 5) is 21.9. The molecule has 0 atom stereocenters. The Morgan fingerprint density at radius 2 is 2.08 bits per heavy atom. The SMILES string of the molecule is C#CCn1c(=NC(=O)c2nc3ccccc3s2)sc2cc(C)ccc21. The third-order valence-electron chi connectivity index (χ3n) is 3.76. The van der Waals surface area contributed by atoms with E-state index in [-0.39, 0.29) is 5.91 Å². The highest BCUT2D eigenvalue weighted by Crippen LogP contribution is 2.22. The maximum absolute atomic E-state index is 12.6. The molecule has 122 valence electrons. The maximum Gasteiger partial charge on any atom is 0.308 e. The number of thiazole rings is 2. The number of benzene rings is 2. The molecule has 0 N–H and O–H groups in total. The Bertz CT molecular complexity index is 1190. The molecule has 2 aromatic heterocycles. The Balaban J connectivity index is 1.86. The normalized spacial score (nSPS) is 11.9. The molecule has 4 rings (SSSR count). The molecule has 0 bridgehead atoms. The summed E-state index contributed by atoms with van der Waals surface area (Å²) >= 11 is 2.82. The van der Waals surface area contributed by atoms with Crippen LogP contribution in [0.3, 0.4) is 0 Å². The first-order valence-electron chi connectivity index (χ1n) is 7.64. The summed E-state index contributed by atoms with van der Waals surface area (Å²) in [7, 11) is 0. The molecule has 4 aromatic rings. The first-order valence-corrected chi connectivity index (χ1v) is 9.27. The van der Waals surface area contributed by atoms with Gasteiger partial charge in [0, 0.05) is 0 Å². The number of carbonyl (C=O) groups is 1. The summed E-state index contributed by atoms with van der Waals surface area (Å²) in [5.74, 6) is 2.30. The van der Waals surface area contributed by atoms with Crippen LogP contribution in [-0.4, -0.2) is 15.5 Å². The first kappa shape index (κ1) is 15.8. The lowest BCUT2D eigenvalue weighted by Gasteiger charge is -1.99. The maximum atomic E-state index is 12.6. The van der Waals surface area contributed by atoms with Gasteiger partial charge in [-0.1, -0.05) is 35.5 Å². The van der Waals surface area contributed by atoms with Crippen LogP contribution in [0.4, 0.5) is 0 Å². The summed E-state index contributed by atoms with van der Waals surface area (Å²) in [6, 6.07) is 13.8. The van der Waals surface area contributed by atoms with Crippen molar-refractivity contribution in [3.8, 4) is 12.3 Å². The molecule has 6 heteroatoms. The van der Waals surface area contributed by atoms with Crippen molar-refractivity contribution in [1.29, 1.82) is 0 Å². The Labute approximate surface area is 152 Å². The van der Waals surface area contributed by atoms with Gasteiger partial charge in [-0.3, -0.25) is 4.79 Å². The van der Waals surface area contributed by atoms with Gasteiger partial charge in [-0.15, -0.1) is 17.8 Å². The van der Waals surface area contributed by atoms with Gasteiger partial charge in [-0.2, -0.15) is 4.99 Å². The number of nitrogens with zero attached hydrogens (tertiary/aromatic N) is 3. The molecule has 0 saturated carbocycles. The van der Waals surface area contributed by atoms with Crippen molar-refractivity contribution in [2.45, 2.75) is 13.5 Å². The van der Waals surface area contributed by atoms with E-state index in [9.17, 15) is 4.79 Å². The van der Waals surface area contributed by atoms with Gasteiger partial charge in [0.25, 0.3) is 0 Å². The van der Waals surface area contributed by atoms with E-state index in [1.54, 1.807) is 0 Å². The third kappa shape index (κ3) is 2.88. The molecule has 0 saturated heterocycles. The van der Waals surface area contributed by atoms with E-state index in [0.717, 1.165) is 26.0 Å². The van der Waals surface area contributed by atoms with E-state index in [1.807, 2.05) is 47.9 Å². The molecule has 4 nitrogen and oxygen atoms in total. The Hall–Kier alpha value is -2.75. The van der Waals surface area contributed by atoms with Gasteiger partial charge in [0.2, 0.25) is 0 Å². The predicted molar refractivity (Wildman–Crippen MR) is 103 cm³/mol. The number of fused-ring (bicyclic) bond motifs is 2. The van der Waals surface area contributed by atoms with Crippen molar-refractivity contribution in [3.63, 3.8) is 0 Å². The van der Waals surface area contributed by atoms with Gasteiger partial charge < -0.3 is 4.57 Å². The second kappa shape index (κ2) is 6.28. The molecule has 0 aliphatic rings. The highest BCUT2D eigenvalue weighted by Gasteiger charge is 2.13. The van der Waals surface area contributed by atoms with Crippen molar-refractivity contribution in [3.05, 3.63) is 57.8 Å². The van der Waals surface area contributed by atoms with Crippen LogP contribution in [0.1, 0.15) is 15.4 Å². The van der Waals surface area contributed by atoms with Crippen molar-refractivity contribution in [2.75, 3.05) is 0 Å². The van der Waals surface area contributed by atoms with E-state index in [2.05, 4.69) is 22.0 Å². The summed E-state index contributed by atoms with van der Waals surface area (Å²) in [6.45, 7) is 2.41. The second-order valence-electron chi connectivity index (χ2n) is 5.55. The molecule has 2 aromatic carbocycles. The number of amides is 1. The van der Waals surface area contributed by atoms with Crippen molar-refractivity contribution in [1.82, 2.24) is 9.55 Å². The zero-order valence-corrected chi connectivity index (χ0v) is 15.0. The van der Waals surface area contributed by atoms with Gasteiger partial charge >= 0.3 is 5.91 Å². The zero-order chi connectivity index (χ0) is 17.4. The summed E-state index contributed by atoms with van der Waals surface area (Å²) in [5, 5.41) is 0.391. The van der Waals surface area contributed by atoms with Gasteiger partial charge in [0.15, 0.2) is 9.81 Å². The van der Waals surface area contributed by atoms with Crippen LogP contribution in [-0.2, 0) is 6.54 Å². The molecule has 0 radical (unpaired) electrons. The van der Waals surface area contributed by atoms with E-state index in [1.165, 1.54) is 22.7 Å². The lowest BCUT2D eigenvalue weighted by molar-refractivity contribution is 0.0997.